The minimum atomic E-state index is -3.36. The third kappa shape index (κ3) is 4.34. The molecule has 3 aromatic rings. The van der Waals surface area contributed by atoms with Gasteiger partial charge in [-0.15, -0.1) is 0 Å². The zero-order valence-corrected chi connectivity index (χ0v) is 19.2. The van der Waals surface area contributed by atoms with Crippen molar-refractivity contribution in [3.63, 3.8) is 0 Å². The van der Waals surface area contributed by atoms with Crippen LogP contribution in [-0.2, 0) is 15.3 Å². The molecule has 0 radical (unpaired) electrons. The maximum absolute atomic E-state index is 13.3. The standard InChI is InChI=1S/C24H26FN3O4S/c1-31-20-6-8-21(9-7-20)33(29,30)16-17-10-14-28(15-11-17)23-26-22(27-32-23)24(12-13-24)18-2-4-19(25)5-3-18/h2-9,17H,10-16H2,1H3. The predicted molar refractivity (Wildman–Crippen MR) is 121 cm³/mol. The fraction of sp³-hybridized carbons (Fsp3) is 0.417. The van der Waals surface area contributed by atoms with Crippen LogP contribution < -0.4 is 9.64 Å². The van der Waals surface area contributed by atoms with Gasteiger partial charge in [0.1, 0.15) is 11.6 Å². The zero-order chi connectivity index (χ0) is 23.1. The van der Waals surface area contributed by atoms with Gasteiger partial charge in [0.25, 0.3) is 0 Å². The van der Waals surface area contributed by atoms with E-state index in [0.717, 1.165) is 31.2 Å². The number of rotatable bonds is 7. The third-order valence-corrected chi connectivity index (χ3v) is 8.65. The van der Waals surface area contributed by atoms with Gasteiger partial charge < -0.3 is 14.2 Å². The first-order valence-electron chi connectivity index (χ1n) is 11.1. The summed E-state index contributed by atoms with van der Waals surface area (Å²) >= 11 is 0. The minimum Gasteiger partial charge on any atom is -0.497 e. The second kappa shape index (κ2) is 8.44. The first-order valence-corrected chi connectivity index (χ1v) is 12.8. The molecule has 1 aliphatic carbocycles. The lowest BCUT2D eigenvalue weighted by molar-refractivity contribution is 0.372. The van der Waals surface area contributed by atoms with Crippen LogP contribution in [-0.4, -0.2) is 44.5 Å². The van der Waals surface area contributed by atoms with Crippen molar-refractivity contribution in [2.24, 2.45) is 5.92 Å². The van der Waals surface area contributed by atoms with E-state index < -0.39 is 9.84 Å². The Balaban J connectivity index is 1.21. The average molecular weight is 472 g/mol. The molecule has 0 N–H and O–H groups in total. The lowest BCUT2D eigenvalue weighted by Gasteiger charge is -2.30. The van der Waals surface area contributed by atoms with Crippen molar-refractivity contribution in [2.75, 3.05) is 30.9 Å². The molecule has 1 saturated carbocycles. The van der Waals surface area contributed by atoms with Gasteiger partial charge in [0.15, 0.2) is 15.7 Å². The summed E-state index contributed by atoms with van der Waals surface area (Å²) in [5, 5.41) is 4.23. The van der Waals surface area contributed by atoms with Crippen LogP contribution in [0.15, 0.2) is 57.9 Å². The number of hydrogen-bond donors (Lipinski definition) is 0. The van der Waals surface area contributed by atoms with E-state index in [9.17, 15) is 12.8 Å². The quantitative estimate of drug-likeness (QED) is 0.515. The van der Waals surface area contributed by atoms with Gasteiger partial charge in [-0.2, -0.15) is 4.98 Å². The van der Waals surface area contributed by atoms with E-state index in [1.165, 1.54) is 12.1 Å². The van der Waals surface area contributed by atoms with Crippen LogP contribution in [0.1, 0.15) is 37.1 Å². The SMILES string of the molecule is COc1ccc(S(=O)(=O)CC2CCN(c3nc(C4(c5ccc(F)cc5)CC4)no3)CC2)cc1. The van der Waals surface area contributed by atoms with E-state index in [4.69, 9.17) is 9.26 Å². The molecule has 2 aromatic carbocycles. The van der Waals surface area contributed by atoms with Crippen molar-refractivity contribution in [1.82, 2.24) is 10.1 Å². The Kier molecular flexibility index (Phi) is 5.60. The number of ether oxygens (including phenoxy) is 1. The fourth-order valence-corrected chi connectivity index (χ4v) is 6.25. The van der Waals surface area contributed by atoms with E-state index in [1.807, 2.05) is 4.90 Å². The minimum absolute atomic E-state index is 0.0738. The molecule has 0 spiro atoms. The van der Waals surface area contributed by atoms with E-state index in [-0.39, 0.29) is 22.9 Å². The van der Waals surface area contributed by atoms with Gasteiger partial charge in [-0.3, -0.25) is 0 Å². The molecule has 1 aliphatic heterocycles. The maximum atomic E-state index is 13.3. The number of sulfone groups is 1. The molecule has 0 atom stereocenters. The molecule has 1 aromatic heterocycles. The number of halogens is 1. The summed E-state index contributed by atoms with van der Waals surface area (Å²) in [7, 11) is -1.81. The lowest BCUT2D eigenvalue weighted by atomic mass is 9.95. The highest BCUT2D eigenvalue weighted by Gasteiger charge is 2.50. The van der Waals surface area contributed by atoms with Gasteiger partial charge >= 0.3 is 6.01 Å². The van der Waals surface area contributed by atoms with Crippen LogP contribution in [0.25, 0.3) is 0 Å². The number of benzene rings is 2. The Bertz CT molecular complexity index is 1210. The first kappa shape index (κ1) is 21.9. The highest BCUT2D eigenvalue weighted by molar-refractivity contribution is 7.91. The number of aromatic nitrogens is 2. The Morgan fingerprint density at radius 3 is 2.36 bits per heavy atom. The monoisotopic (exact) mass is 471 g/mol. The van der Waals surface area contributed by atoms with Crippen LogP contribution in [0, 0.1) is 11.7 Å². The zero-order valence-electron chi connectivity index (χ0n) is 18.4. The third-order valence-electron chi connectivity index (χ3n) is 6.75. The molecule has 33 heavy (non-hydrogen) atoms. The molecule has 0 amide bonds. The Hall–Kier alpha value is -2.94. The van der Waals surface area contributed by atoms with Gasteiger partial charge in [0.2, 0.25) is 0 Å². The first-order chi connectivity index (χ1) is 15.9. The average Bonchev–Trinajstić information content (AvgIpc) is 3.48. The van der Waals surface area contributed by atoms with Crippen molar-refractivity contribution in [3.8, 4) is 5.75 Å². The molecular formula is C24H26FN3O4S. The largest absolute Gasteiger partial charge is 0.497 e. The van der Waals surface area contributed by atoms with Crippen molar-refractivity contribution in [1.29, 1.82) is 0 Å². The summed E-state index contributed by atoms with van der Waals surface area (Å²) in [6, 6.07) is 13.5. The van der Waals surface area contributed by atoms with Crippen LogP contribution in [0.3, 0.4) is 0 Å². The maximum Gasteiger partial charge on any atom is 0.324 e. The van der Waals surface area contributed by atoms with Crippen LogP contribution in [0.4, 0.5) is 10.4 Å². The summed E-state index contributed by atoms with van der Waals surface area (Å²) in [5.41, 5.74) is 0.707. The molecule has 1 saturated heterocycles. The number of methoxy groups -OCH3 is 1. The number of anilines is 1. The van der Waals surface area contributed by atoms with E-state index in [0.29, 0.717) is 35.6 Å². The Morgan fingerprint density at radius 2 is 1.76 bits per heavy atom. The second-order valence-corrected chi connectivity index (χ2v) is 10.9. The van der Waals surface area contributed by atoms with Gasteiger partial charge in [0.05, 0.1) is 23.2 Å². The Labute approximate surface area is 192 Å². The van der Waals surface area contributed by atoms with Gasteiger partial charge in [0, 0.05) is 13.1 Å². The summed E-state index contributed by atoms with van der Waals surface area (Å²) in [6.45, 7) is 1.32. The molecular weight excluding hydrogens is 445 g/mol. The van der Waals surface area contributed by atoms with E-state index in [1.54, 1.807) is 43.5 Å². The van der Waals surface area contributed by atoms with Gasteiger partial charge in [-0.05, 0) is 73.6 Å². The fourth-order valence-electron chi connectivity index (χ4n) is 4.55. The Morgan fingerprint density at radius 1 is 1.09 bits per heavy atom. The highest BCUT2D eigenvalue weighted by atomic mass is 32.2. The lowest BCUT2D eigenvalue weighted by Crippen LogP contribution is -2.36. The molecule has 2 aliphatic rings. The van der Waals surface area contributed by atoms with Crippen LogP contribution >= 0.6 is 0 Å². The number of hydrogen-bond acceptors (Lipinski definition) is 7. The summed E-state index contributed by atoms with van der Waals surface area (Å²) < 4.78 is 49.6. The molecule has 174 valence electrons. The normalized spacial score (nSPS) is 18.3. The van der Waals surface area contributed by atoms with Gasteiger partial charge in [-0.25, -0.2) is 12.8 Å². The molecule has 9 heteroatoms. The number of nitrogens with zero attached hydrogens (tertiary/aromatic N) is 3. The van der Waals surface area contributed by atoms with Crippen molar-refractivity contribution >= 4 is 15.9 Å². The number of piperidine rings is 1. The summed E-state index contributed by atoms with van der Waals surface area (Å²) in [5.74, 6) is 1.20. The molecule has 7 nitrogen and oxygen atoms in total. The highest BCUT2D eigenvalue weighted by Crippen LogP contribution is 2.52. The molecule has 2 fully saturated rings. The summed E-state index contributed by atoms with van der Waals surface area (Å²) in [4.78, 5) is 7.00. The van der Waals surface area contributed by atoms with Crippen LogP contribution in [0.2, 0.25) is 0 Å². The second-order valence-electron chi connectivity index (χ2n) is 8.88. The van der Waals surface area contributed by atoms with Crippen molar-refractivity contribution in [3.05, 3.63) is 65.7 Å². The topological polar surface area (TPSA) is 85.5 Å². The van der Waals surface area contributed by atoms with E-state index >= 15 is 0 Å². The molecule has 0 unspecified atom stereocenters. The van der Waals surface area contributed by atoms with Crippen molar-refractivity contribution < 1.29 is 22.1 Å². The molecule has 2 heterocycles. The molecule has 0 bridgehead atoms. The van der Waals surface area contributed by atoms with Gasteiger partial charge in [-0.1, -0.05) is 17.3 Å². The smallest absolute Gasteiger partial charge is 0.324 e. The molecule has 5 rings (SSSR count). The van der Waals surface area contributed by atoms with Crippen LogP contribution in [0.5, 0.6) is 5.75 Å². The predicted octanol–water partition coefficient (Wildman–Crippen LogP) is 3.99. The summed E-state index contributed by atoms with van der Waals surface area (Å²) in [6.07, 6.45) is 3.28. The van der Waals surface area contributed by atoms with E-state index in [2.05, 4.69) is 10.1 Å². The van der Waals surface area contributed by atoms with Crippen molar-refractivity contribution in [2.45, 2.75) is 36.0 Å².